The van der Waals surface area contributed by atoms with E-state index in [4.69, 9.17) is 9.84 Å². The minimum Gasteiger partial charge on any atom is -0.481 e. The summed E-state index contributed by atoms with van der Waals surface area (Å²) in [5.41, 5.74) is -0.117. The fourth-order valence-electron chi connectivity index (χ4n) is 1.91. The summed E-state index contributed by atoms with van der Waals surface area (Å²) in [5, 5.41) is 23.5. The lowest BCUT2D eigenvalue weighted by molar-refractivity contribution is -0.137. The first-order chi connectivity index (χ1) is 11.7. The number of carbonyl (C=O) groups excluding carboxylic acids is 2. The van der Waals surface area contributed by atoms with Gasteiger partial charge in [-0.15, -0.1) is 0 Å². The molecule has 1 aromatic rings. The fraction of sp³-hybridized carbons (Fsp3) is 0.471. The van der Waals surface area contributed by atoms with E-state index in [1.807, 2.05) is 30.3 Å². The van der Waals surface area contributed by atoms with Crippen LogP contribution in [0.5, 0.6) is 0 Å². The van der Waals surface area contributed by atoms with E-state index >= 15 is 0 Å². The lowest BCUT2D eigenvalue weighted by Gasteiger charge is -2.29. The van der Waals surface area contributed by atoms with Gasteiger partial charge in [-0.25, -0.2) is 4.79 Å². The zero-order valence-corrected chi connectivity index (χ0v) is 14.3. The van der Waals surface area contributed by atoms with Gasteiger partial charge >= 0.3 is 12.1 Å². The average molecular weight is 352 g/mol. The Morgan fingerprint density at radius 2 is 1.80 bits per heavy atom. The summed E-state index contributed by atoms with van der Waals surface area (Å²) in [6.07, 6.45) is -2.30. The molecule has 1 rings (SSSR count). The van der Waals surface area contributed by atoms with Crippen molar-refractivity contribution in [3.63, 3.8) is 0 Å². The van der Waals surface area contributed by atoms with E-state index in [2.05, 4.69) is 10.6 Å². The number of rotatable bonds is 9. The Bertz CT molecular complexity index is 588. The number of aliphatic hydroxyl groups excluding tert-OH is 1. The first-order valence-electron chi connectivity index (χ1n) is 7.84. The zero-order chi connectivity index (χ0) is 18.9. The molecule has 8 nitrogen and oxygen atoms in total. The molecule has 25 heavy (non-hydrogen) atoms. The number of hydrogen-bond donors (Lipinski definition) is 4. The van der Waals surface area contributed by atoms with Crippen LogP contribution in [0, 0.1) is 5.41 Å². The molecule has 8 heteroatoms. The number of carboxylic acids is 1. The number of carboxylic acid groups (broad SMARTS) is 1. The summed E-state index contributed by atoms with van der Waals surface area (Å²) in [6.45, 7) is 3.26. The van der Waals surface area contributed by atoms with Crippen molar-refractivity contribution in [3.05, 3.63) is 35.9 Å². The standard InChI is InChI=1S/C17H24N2O6/c1-17(2,14(22)15(23)18-9-8-13(20)21)11-19-16(24)25-10-12-6-4-3-5-7-12/h3-7,14,22H,8-11H2,1-2H3,(H,18,23)(H,19,24)(H,20,21). The summed E-state index contributed by atoms with van der Waals surface area (Å²) in [6, 6.07) is 9.16. The predicted octanol–water partition coefficient (Wildman–Crippen LogP) is 0.891. The molecule has 1 atom stereocenters. The lowest BCUT2D eigenvalue weighted by Crippen LogP contribution is -2.49. The minimum atomic E-state index is -1.41. The molecule has 1 aromatic carbocycles. The summed E-state index contributed by atoms with van der Waals surface area (Å²) < 4.78 is 5.06. The number of nitrogens with one attached hydrogen (secondary N) is 2. The fourth-order valence-corrected chi connectivity index (χ4v) is 1.91. The van der Waals surface area contributed by atoms with Gasteiger partial charge in [-0.3, -0.25) is 9.59 Å². The van der Waals surface area contributed by atoms with Crippen LogP contribution in [-0.2, 0) is 20.9 Å². The minimum absolute atomic E-state index is 0.00808. The molecule has 0 radical (unpaired) electrons. The number of hydrogen-bond acceptors (Lipinski definition) is 5. The molecule has 0 fully saturated rings. The van der Waals surface area contributed by atoms with E-state index in [0.29, 0.717) is 0 Å². The van der Waals surface area contributed by atoms with E-state index in [0.717, 1.165) is 5.56 Å². The second-order valence-electron chi connectivity index (χ2n) is 6.24. The van der Waals surface area contributed by atoms with Gasteiger partial charge in [-0.05, 0) is 5.56 Å². The second-order valence-corrected chi connectivity index (χ2v) is 6.24. The third kappa shape index (κ3) is 7.67. The van der Waals surface area contributed by atoms with Crippen LogP contribution < -0.4 is 10.6 Å². The molecular formula is C17H24N2O6. The Morgan fingerprint density at radius 1 is 1.16 bits per heavy atom. The van der Waals surface area contributed by atoms with Crippen LogP contribution in [0.2, 0.25) is 0 Å². The summed E-state index contributed by atoms with van der Waals surface area (Å²) in [7, 11) is 0. The van der Waals surface area contributed by atoms with Crippen LogP contribution in [0.4, 0.5) is 4.79 Å². The van der Waals surface area contributed by atoms with Crippen molar-refractivity contribution in [2.45, 2.75) is 33.0 Å². The van der Waals surface area contributed by atoms with Crippen molar-refractivity contribution < 1.29 is 29.3 Å². The molecule has 0 spiro atoms. The Hall–Kier alpha value is -2.61. The lowest BCUT2D eigenvalue weighted by atomic mass is 9.86. The Labute approximate surface area is 146 Å². The molecule has 2 amide bonds. The molecule has 0 aliphatic rings. The average Bonchev–Trinajstić information content (AvgIpc) is 2.58. The van der Waals surface area contributed by atoms with Gasteiger partial charge in [-0.2, -0.15) is 0 Å². The Morgan fingerprint density at radius 3 is 2.40 bits per heavy atom. The maximum absolute atomic E-state index is 11.8. The Kier molecular flexibility index (Phi) is 7.87. The summed E-state index contributed by atoms with van der Waals surface area (Å²) >= 11 is 0. The number of ether oxygens (including phenoxy) is 1. The molecule has 0 aliphatic carbocycles. The molecular weight excluding hydrogens is 328 g/mol. The van der Waals surface area contributed by atoms with Crippen LogP contribution in [0.3, 0.4) is 0 Å². The quantitative estimate of drug-likeness (QED) is 0.523. The van der Waals surface area contributed by atoms with Crippen molar-refractivity contribution in [1.29, 1.82) is 0 Å². The first kappa shape index (κ1) is 20.4. The van der Waals surface area contributed by atoms with E-state index in [1.165, 1.54) is 0 Å². The van der Waals surface area contributed by atoms with Crippen molar-refractivity contribution in [3.8, 4) is 0 Å². The molecule has 0 bridgehead atoms. The van der Waals surface area contributed by atoms with Crippen molar-refractivity contribution in [1.82, 2.24) is 10.6 Å². The van der Waals surface area contributed by atoms with E-state index in [9.17, 15) is 19.5 Å². The van der Waals surface area contributed by atoms with Gasteiger partial charge in [0.2, 0.25) is 5.91 Å². The van der Waals surface area contributed by atoms with Crippen molar-refractivity contribution >= 4 is 18.0 Å². The molecule has 0 heterocycles. The monoisotopic (exact) mass is 352 g/mol. The topological polar surface area (TPSA) is 125 Å². The van der Waals surface area contributed by atoms with Crippen molar-refractivity contribution in [2.75, 3.05) is 13.1 Å². The van der Waals surface area contributed by atoms with E-state index in [-0.39, 0.29) is 26.1 Å². The van der Waals surface area contributed by atoms with E-state index in [1.54, 1.807) is 13.8 Å². The van der Waals surface area contributed by atoms with Crippen LogP contribution >= 0.6 is 0 Å². The van der Waals surface area contributed by atoms with Crippen LogP contribution in [0.15, 0.2) is 30.3 Å². The van der Waals surface area contributed by atoms with Gasteiger partial charge in [0.05, 0.1) is 6.42 Å². The molecule has 1 unspecified atom stereocenters. The normalized spacial score (nSPS) is 12.1. The number of aliphatic hydroxyl groups is 1. The summed E-state index contributed by atoms with van der Waals surface area (Å²) in [5.74, 6) is -1.73. The smallest absolute Gasteiger partial charge is 0.407 e. The highest BCUT2D eigenvalue weighted by Crippen LogP contribution is 2.19. The molecule has 138 valence electrons. The number of alkyl carbamates (subject to hydrolysis) is 1. The molecule has 0 aliphatic heterocycles. The second kappa shape index (κ2) is 9.63. The highest BCUT2D eigenvalue weighted by Gasteiger charge is 2.34. The van der Waals surface area contributed by atoms with Gasteiger partial charge in [0.25, 0.3) is 0 Å². The highest BCUT2D eigenvalue weighted by atomic mass is 16.5. The Balaban J connectivity index is 2.38. The van der Waals surface area contributed by atoms with Gasteiger partial charge in [0, 0.05) is 18.5 Å². The van der Waals surface area contributed by atoms with Gasteiger partial charge in [-0.1, -0.05) is 44.2 Å². The third-order valence-corrected chi connectivity index (χ3v) is 3.53. The van der Waals surface area contributed by atoms with Crippen LogP contribution in [0.25, 0.3) is 0 Å². The largest absolute Gasteiger partial charge is 0.481 e. The number of amides is 2. The molecule has 4 N–H and O–H groups in total. The van der Waals surface area contributed by atoms with Crippen LogP contribution in [-0.4, -0.2) is 47.4 Å². The van der Waals surface area contributed by atoms with Gasteiger partial charge in [0.1, 0.15) is 12.7 Å². The van der Waals surface area contributed by atoms with Gasteiger partial charge < -0.3 is 25.6 Å². The molecule has 0 saturated heterocycles. The number of benzene rings is 1. The SMILES string of the molecule is CC(C)(CNC(=O)OCc1ccccc1)C(O)C(=O)NCCC(=O)O. The summed E-state index contributed by atoms with van der Waals surface area (Å²) in [4.78, 5) is 34.0. The van der Waals surface area contributed by atoms with E-state index < -0.39 is 29.5 Å². The number of aliphatic carboxylic acids is 1. The van der Waals surface area contributed by atoms with Crippen molar-refractivity contribution in [2.24, 2.45) is 5.41 Å². The zero-order valence-electron chi connectivity index (χ0n) is 14.3. The third-order valence-electron chi connectivity index (χ3n) is 3.53. The van der Waals surface area contributed by atoms with Gasteiger partial charge in [0.15, 0.2) is 0 Å². The molecule has 0 saturated carbocycles. The van der Waals surface area contributed by atoms with Crippen LogP contribution in [0.1, 0.15) is 25.8 Å². The highest BCUT2D eigenvalue weighted by molar-refractivity contribution is 5.82. The maximum Gasteiger partial charge on any atom is 0.407 e. The molecule has 0 aromatic heterocycles. The predicted molar refractivity (Wildman–Crippen MR) is 89.7 cm³/mol. The first-order valence-corrected chi connectivity index (χ1v) is 7.84. The number of carbonyl (C=O) groups is 3. The maximum atomic E-state index is 11.8.